The van der Waals surface area contributed by atoms with Crippen LogP contribution in [0.5, 0.6) is 0 Å². The molecule has 5 heteroatoms. The van der Waals surface area contributed by atoms with E-state index in [9.17, 15) is 0 Å². The lowest BCUT2D eigenvalue weighted by molar-refractivity contribution is 0.722. The van der Waals surface area contributed by atoms with Crippen LogP contribution in [0.15, 0.2) is 18.7 Å². The molecule has 3 nitrogen and oxygen atoms in total. The summed E-state index contributed by atoms with van der Waals surface area (Å²) in [5.41, 5.74) is 0. The third-order valence-corrected chi connectivity index (χ3v) is 11.8. The Morgan fingerprint density at radius 1 is 1.14 bits per heavy atom. The van der Waals surface area contributed by atoms with Crippen LogP contribution in [0.2, 0.25) is 32.7 Å². The molecule has 1 rings (SSSR count). The van der Waals surface area contributed by atoms with E-state index in [-0.39, 0.29) is 0 Å². The van der Waals surface area contributed by atoms with Gasteiger partial charge < -0.3 is 8.46 Å². The van der Waals surface area contributed by atoms with Crippen LogP contribution in [0.1, 0.15) is 0 Å². The van der Waals surface area contributed by atoms with Crippen molar-refractivity contribution < 1.29 is 0 Å². The molecule has 0 bridgehead atoms. The van der Waals surface area contributed by atoms with E-state index in [2.05, 4.69) is 59.4 Å². The largest absolute Gasteiger partial charge is 0.351 e. The Labute approximate surface area is 89.0 Å². The highest BCUT2D eigenvalue weighted by molar-refractivity contribution is 6.89. The zero-order valence-electron chi connectivity index (χ0n) is 10.1. The van der Waals surface area contributed by atoms with Crippen LogP contribution >= 0.6 is 0 Å². The molecule has 1 heterocycles. The third kappa shape index (κ3) is 2.16. The molecule has 14 heavy (non-hydrogen) atoms. The molecule has 0 saturated heterocycles. The molecular formula is C9H21N3Si2. The molecule has 1 aromatic heterocycles. The first-order chi connectivity index (χ1) is 6.26. The van der Waals surface area contributed by atoms with Crippen molar-refractivity contribution in [2.45, 2.75) is 32.7 Å². The first kappa shape index (κ1) is 11.7. The van der Waals surface area contributed by atoms with Gasteiger partial charge in [-0.15, -0.1) is 0 Å². The summed E-state index contributed by atoms with van der Waals surface area (Å²) in [5.74, 6) is 0. The van der Waals surface area contributed by atoms with Gasteiger partial charge in [0.1, 0.15) is 8.24 Å². The van der Waals surface area contributed by atoms with Crippen LogP contribution in [0.25, 0.3) is 0 Å². The van der Waals surface area contributed by atoms with Crippen LogP contribution in [0.4, 0.5) is 0 Å². The first-order valence-corrected chi connectivity index (χ1v) is 11.3. The van der Waals surface area contributed by atoms with Gasteiger partial charge in [0.05, 0.1) is 6.33 Å². The van der Waals surface area contributed by atoms with Gasteiger partial charge in [0, 0.05) is 12.4 Å². The van der Waals surface area contributed by atoms with E-state index >= 15 is 0 Å². The standard InChI is InChI=1S/C9H21N3Si2/c1-11(13(2,3)4)14(5,6)12-8-7-10-9-12/h7-9H,1-6H3. The molecule has 0 unspecified atom stereocenters. The quantitative estimate of drug-likeness (QED) is 0.738. The van der Waals surface area contributed by atoms with E-state index in [1.807, 2.05) is 12.5 Å². The summed E-state index contributed by atoms with van der Waals surface area (Å²) in [6.45, 7) is 11.9. The van der Waals surface area contributed by atoms with Crippen molar-refractivity contribution in [2.75, 3.05) is 7.05 Å². The molecule has 0 amide bonds. The van der Waals surface area contributed by atoms with Crippen molar-refractivity contribution in [3.8, 4) is 0 Å². The zero-order valence-corrected chi connectivity index (χ0v) is 12.1. The van der Waals surface area contributed by atoms with Crippen molar-refractivity contribution in [1.29, 1.82) is 0 Å². The molecule has 0 aliphatic heterocycles. The average Bonchev–Trinajstić information content (AvgIpc) is 2.53. The Morgan fingerprint density at radius 2 is 1.71 bits per heavy atom. The van der Waals surface area contributed by atoms with Crippen molar-refractivity contribution in [1.82, 2.24) is 13.4 Å². The van der Waals surface area contributed by atoms with Gasteiger partial charge >= 0.3 is 0 Å². The second-order valence-electron chi connectivity index (χ2n) is 5.19. The Kier molecular flexibility index (Phi) is 3.03. The molecule has 0 N–H and O–H groups in total. The second kappa shape index (κ2) is 3.64. The van der Waals surface area contributed by atoms with Crippen molar-refractivity contribution >= 4 is 16.6 Å². The highest BCUT2D eigenvalue weighted by Gasteiger charge is 2.36. The minimum atomic E-state index is -1.52. The van der Waals surface area contributed by atoms with E-state index in [0.29, 0.717) is 0 Å². The van der Waals surface area contributed by atoms with Gasteiger partial charge in [-0.25, -0.2) is 4.98 Å². The van der Waals surface area contributed by atoms with E-state index in [4.69, 9.17) is 0 Å². The van der Waals surface area contributed by atoms with Gasteiger partial charge in [-0.2, -0.15) is 0 Å². The Hall–Kier alpha value is -0.396. The Bertz CT molecular complexity index is 288. The van der Waals surface area contributed by atoms with Crippen LogP contribution in [0.3, 0.4) is 0 Å². The van der Waals surface area contributed by atoms with Crippen LogP contribution in [0, 0.1) is 0 Å². The average molecular weight is 227 g/mol. The molecule has 0 aromatic carbocycles. The fourth-order valence-corrected chi connectivity index (χ4v) is 9.62. The summed E-state index contributed by atoms with van der Waals surface area (Å²) in [4.78, 5) is 4.14. The maximum absolute atomic E-state index is 4.14. The molecule has 0 aliphatic rings. The fourth-order valence-electron chi connectivity index (χ4n) is 1.58. The van der Waals surface area contributed by atoms with Crippen LogP contribution < -0.4 is 0 Å². The summed E-state index contributed by atoms with van der Waals surface area (Å²) < 4.78 is 4.91. The normalized spacial score (nSPS) is 13.6. The maximum atomic E-state index is 4.14. The predicted molar refractivity (Wildman–Crippen MR) is 66.2 cm³/mol. The molecular weight excluding hydrogens is 206 g/mol. The summed E-state index contributed by atoms with van der Waals surface area (Å²) in [6.07, 6.45) is 5.90. The first-order valence-electron chi connectivity index (χ1n) is 4.98. The molecule has 0 saturated carbocycles. The SMILES string of the molecule is CN([Si](C)(C)C)[Si](C)(C)n1ccnc1. The minimum Gasteiger partial charge on any atom is -0.351 e. The van der Waals surface area contributed by atoms with Crippen molar-refractivity contribution in [3.63, 3.8) is 0 Å². The third-order valence-electron chi connectivity index (χ3n) is 2.96. The number of nitrogens with zero attached hydrogens (tertiary/aromatic N) is 3. The highest BCUT2D eigenvalue weighted by atomic mass is 28.4. The lowest BCUT2D eigenvalue weighted by Crippen LogP contribution is -2.62. The summed E-state index contributed by atoms with van der Waals surface area (Å²) >= 11 is 0. The lowest BCUT2D eigenvalue weighted by atomic mass is 11.0. The van der Waals surface area contributed by atoms with Gasteiger partial charge in [0.15, 0.2) is 0 Å². The van der Waals surface area contributed by atoms with Crippen LogP contribution in [-0.4, -0.2) is 37.1 Å². The van der Waals surface area contributed by atoms with E-state index in [0.717, 1.165) is 0 Å². The number of aromatic nitrogens is 2. The summed E-state index contributed by atoms with van der Waals surface area (Å²) in [5, 5.41) is 0. The lowest BCUT2D eigenvalue weighted by Gasteiger charge is -2.42. The minimum absolute atomic E-state index is 1.21. The van der Waals surface area contributed by atoms with E-state index in [1.54, 1.807) is 0 Å². The smallest absolute Gasteiger partial charge is 0.227 e. The van der Waals surface area contributed by atoms with Gasteiger partial charge in [-0.1, -0.05) is 19.6 Å². The second-order valence-corrected chi connectivity index (χ2v) is 14.8. The van der Waals surface area contributed by atoms with Gasteiger partial charge in [0.2, 0.25) is 8.40 Å². The molecule has 80 valence electrons. The molecule has 1 aromatic rings. The predicted octanol–water partition coefficient (Wildman–Crippen LogP) is 2.20. The number of rotatable bonds is 3. The van der Waals surface area contributed by atoms with Gasteiger partial charge in [-0.05, 0) is 20.1 Å². The Morgan fingerprint density at radius 3 is 2.07 bits per heavy atom. The van der Waals surface area contributed by atoms with Gasteiger partial charge in [-0.3, -0.25) is 0 Å². The summed E-state index contributed by atoms with van der Waals surface area (Å²) in [6, 6.07) is 0. The fraction of sp³-hybridized carbons (Fsp3) is 0.667. The number of hydrogen-bond acceptors (Lipinski definition) is 2. The van der Waals surface area contributed by atoms with E-state index < -0.39 is 16.6 Å². The van der Waals surface area contributed by atoms with Gasteiger partial charge in [0.25, 0.3) is 0 Å². The number of hydrogen-bond donors (Lipinski definition) is 0. The highest BCUT2D eigenvalue weighted by Crippen LogP contribution is 2.18. The Balaban J connectivity index is 2.96. The zero-order chi connectivity index (χ0) is 11.0. The molecule has 0 fully saturated rings. The van der Waals surface area contributed by atoms with Crippen molar-refractivity contribution in [3.05, 3.63) is 18.7 Å². The molecule has 0 spiro atoms. The molecule has 0 atom stereocenters. The monoisotopic (exact) mass is 227 g/mol. The number of imidazole rings is 1. The topological polar surface area (TPSA) is 21.1 Å². The molecule has 0 radical (unpaired) electrons. The van der Waals surface area contributed by atoms with E-state index in [1.165, 1.54) is 0 Å². The summed E-state index contributed by atoms with van der Waals surface area (Å²) in [7, 11) is -0.460. The van der Waals surface area contributed by atoms with Crippen molar-refractivity contribution in [2.24, 2.45) is 0 Å². The molecule has 0 aliphatic carbocycles. The maximum Gasteiger partial charge on any atom is 0.227 e. The van der Waals surface area contributed by atoms with Crippen LogP contribution in [-0.2, 0) is 0 Å².